The Bertz CT molecular complexity index is 324. The highest BCUT2D eigenvalue weighted by atomic mass is 16.3. The molecule has 2 aromatic heterocycles. The standard InChI is InChI=1S/C6H4N2O/c1-2-5-6(7-3-1)8-4-9-5/h1-4H/i4D. The maximum absolute atomic E-state index is 7.01. The summed E-state index contributed by atoms with van der Waals surface area (Å²) in [5, 5.41) is 0. The van der Waals surface area contributed by atoms with Crippen LogP contribution < -0.4 is 0 Å². The number of pyridine rings is 1. The number of nitrogens with zero attached hydrogens (tertiary/aromatic N) is 2. The van der Waals surface area contributed by atoms with Crippen molar-refractivity contribution in [1.82, 2.24) is 9.97 Å². The summed E-state index contributed by atoms with van der Waals surface area (Å²) in [5.74, 6) is 0. The van der Waals surface area contributed by atoms with Gasteiger partial charge in [0.05, 0.1) is 0 Å². The van der Waals surface area contributed by atoms with Gasteiger partial charge in [-0.15, -0.1) is 0 Å². The van der Waals surface area contributed by atoms with Crippen LogP contribution in [0.4, 0.5) is 0 Å². The number of rotatable bonds is 0. The Morgan fingerprint density at radius 2 is 2.56 bits per heavy atom. The lowest BCUT2D eigenvalue weighted by Gasteiger charge is -1.78. The van der Waals surface area contributed by atoms with Crippen molar-refractivity contribution in [3.63, 3.8) is 0 Å². The van der Waals surface area contributed by atoms with Gasteiger partial charge in [0.1, 0.15) is 1.37 Å². The third kappa shape index (κ3) is 0.579. The fraction of sp³-hybridized carbons (Fsp3) is 0. The Morgan fingerprint density at radius 1 is 1.56 bits per heavy atom. The molecule has 2 heterocycles. The van der Waals surface area contributed by atoms with Crippen molar-refractivity contribution in [2.45, 2.75) is 0 Å². The summed E-state index contributed by atoms with van der Waals surface area (Å²) in [6, 6.07) is 3.47. The summed E-state index contributed by atoms with van der Waals surface area (Å²) in [6.45, 7) is 0. The molecule has 9 heavy (non-hydrogen) atoms. The van der Waals surface area contributed by atoms with E-state index in [1.54, 1.807) is 18.3 Å². The Hall–Kier alpha value is -1.38. The van der Waals surface area contributed by atoms with Crippen LogP contribution in [0.25, 0.3) is 11.2 Å². The zero-order chi connectivity index (χ0) is 6.97. The van der Waals surface area contributed by atoms with Crippen molar-refractivity contribution >= 4 is 11.2 Å². The lowest BCUT2D eigenvalue weighted by atomic mass is 10.5. The van der Waals surface area contributed by atoms with Crippen molar-refractivity contribution in [2.24, 2.45) is 0 Å². The number of oxazole rings is 1. The maximum atomic E-state index is 7.01. The van der Waals surface area contributed by atoms with Gasteiger partial charge in [-0.05, 0) is 12.1 Å². The summed E-state index contributed by atoms with van der Waals surface area (Å²) >= 11 is 0. The molecule has 3 nitrogen and oxygen atoms in total. The van der Waals surface area contributed by atoms with Crippen LogP contribution >= 0.6 is 0 Å². The largest absolute Gasteiger partial charge is 0.442 e. The molecule has 0 radical (unpaired) electrons. The second-order valence-corrected chi connectivity index (χ2v) is 1.63. The summed E-state index contributed by atoms with van der Waals surface area (Å²) < 4.78 is 11.9. The third-order valence-corrected chi connectivity index (χ3v) is 1.06. The van der Waals surface area contributed by atoms with Crippen molar-refractivity contribution in [3.05, 3.63) is 24.7 Å². The topological polar surface area (TPSA) is 38.9 Å². The van der Waals surface area contributed by atoms with Gasteiger partial charge in [-0.1, -0.05) is 0 Å². The Morgan fingerprint density at radius 3 is 3.44 bits per heavy atom. The molecule has 0 aliphatic heterocycles. The van der Waals surface area contributed by atoms with E-state index in [0.29, 0.717) is 11.2 Å². The van der Waals surface area contributed by atoms with Crippen LogP contribution in [-0.4, -0.2) is 9.97 Å². The van der Waals surface area contributed by atoms with Gasteiger partial charge < -0.3 is 4.42 Å². The van der Waals surface area contributed by atoms with Gasteiger partial charge in [-0.25, -0.2) is 4.98 Å². The molecule has 0 unspecified atom stereocenters. The lowest BCUT2D eigenvalue weighted by molar-refractivity contribution is 0.602. The van der Waals surface area contributed by atoms with Gasteiger partial charge in [0.25, 0.3) is 0 Å². The predicted molar refractivity (Wildman–Crippen MR) is 31.8 cm³/mol. The predicted octanol–water partition coefficient (Wildman–Crippen LogP) is 1.22. The summed E-state index contributed by atoms with van der Waals surface area (Å²) in [4.78, 5) is 7.58. The molecular weight excluding hydrogens is 116 g/mol. The van der Waals surface area contributed by atoms with Gasteiger partial charge in [-0.2, -0.15) is 4.98 Å². The Labute approximate surface area is 52.8 Å². The van der Waals surface area contributed by atoms with E-state index in [2.05, 4.69) is 9.97 Å². The van der Waals surface area contributed by atoms with Gasteiger partial charge in [0.2, 0.25) is 0 Å². The molecule has 0 saturated carbocycles. The average Bonchev–Trinajstić information content (AvgIpc) is 2.27. The first kappa shape index (κ1) is 3.61. The van der Waals surface area contributed by atoms with Crippen LogP contribution in [0.1, 0.15) is 1.37 Å². The second kappa shape index (κ2) is 1.55. The minimum atomic E-state index is -0.0892. The first-order valence-electron chi connectivity index (χ1n) is 3.04. The van der Waals surface area contributed by atoms with Crippen molar-refractivity contribution in [3.8, 4) is 0 Å². The SMILES string of the molecule is [2H]c1nc2ncccc2o1. The van der Waals surface area contributed by atoms with Crippen molar-refractivity contribution in [1.29, 1.82) is 0 Å². The molecule has 0 aliphatic rings. The van der Waals surface area contributed by atoms with E-state index >= 15 is 0 Å². The molecule has 0 N–H and O–H groups in total. The molecule has 0 bridgehead atoms. The van der Waals surface area contributed by atoms with Crippen molar-refractivity contribution in [2.75, 3.05) is 0 Å². The zero-order valence-corrected chi connectivity index (χ0v) is 4.53. The van der Waals surface area contributed by atoms with E-state index in [1.165, 1.54) is 0 Å². The van der Waals surface area contributed by atoms with E-state index in [4.69, 9.17) is 5.79 Å². The molecule has 2 aromatic rings. The summed E-state index contributed by atoms with van der Waals surface area (Å²) in [5.41, 5.74) is 1.06. The fourth-order valence-electron chi connectivity index (χ4n) is 0.661. The minimum Gasteiger partial charge on any atom is -0.442 e. The molecule has 0 spiro atoms. The highest BCUT2D eigenvalue weighted by molar-refractivity contribution is 5.65. The fourth-order valence-corrected chi connectivity index (χ4v) is 0.661. The Kier molecular flexibility index (Phi) is 0.621. The van der Waals surface area contributed by atoms with Gasteiger partial charge in [0.15, 0.2) is 17.6 Å². The first-order valence-corrected chi connectivity index (χ1v) is 2.54. The minimum absolute atomic E-state index is 0.0892. The van der Waals surface area contributed by atoms with E-state index < -0.39 is 0 Å². The lowest BCUT2D eigenvalue weighted by Crippen LogP contribution is -1.70. The quantitative estimate of drug-likeness (QED) is 0.526. The average molecular weight is 121 g/mol. The Balaban J connectivity index is 2.88. The summed E-state index contributed by atoms with van der Waals surface area (Å²) in [6.07, 6.45) is 1.53. The third-order valence-electron chi connectivity index (χ3n) is 1.06. The van der Waals surface area contributed by atoms with Crippen LogP contribution in [0, 0.1) is 0 Å². The van der Waals surface area contributed by atoms with Crippen molar-refractivity contribution < 1.29 is 5.79 Å². The number of hydrogen-bond donors (Lipinski definition) is 0. The second-order valence-electron chi connectivity index (χ2n) is 1.63. The maximum Gasteiger partial charge on any atom is 0.198 e. The van der Waals surface area contributed by atoms with Crippen LogP contribution in [-0.2, 0) is 0 Å². The first-order chi connectivity index (χ1) is 4.86. The molecule has 0 aliphatic carbocycles. The molecule has 0 atom stereocenters. The molecule has 2 rings (SSSR count). The molecule has 0 saturated heterocycles. The van der Waals surface area contributed by atoms with Crippen LogP contribution in [0.3, 0.4) is 0 Å². The highest BCUT2D eigenvalue weighted by Gasteiger charge is 1.93. The van der Waals surface area contributed by atoms with Crippen LogP contribution in [0.5, 0.6) is 0 Å². The van der Waals surface area contributed by atoms with E-state index in [1.807, 2.05) is 0 Å². The number of fused-ring (bicyclic) bond motifs is 1. The van der Waals surface area contributed by atoms with E-state index in [9.17, 15) is 0 Å². The number of aromatic nitrogens is 2. The van der Waals surface area contributed by atoms with Gasteiger partial charge in [0, 0.05) is 6.20 Å². The zero-order valence-electron chi connectivity index (χ0n) is 5.53. The van der Waals surface area contributed by atoms with E-state index in [0.717, 1.165) is 0 Å². The van der Waals surface area contributed by atoms with Gasteiger partial charge in [-0.3, -0.25) is 0 Å². The molecule has 0 amide bonds. The molecule has 0 fully saturated rings. The normalized spacial score (nSPS) is 11.8. The van der Waals surface area contributed by atoms with Crippen LogP contribution in [0.15, 0.2) is 29.1 Å². The molecule has 44 valence electrons. The van der Waals surface area contributed by atoms with Gasteiger partial charge >= 0.3 is 0 Å². The summed E-state index contributed by atoms with van der Waals surface area (Å²) in [7, 11) is 0. The molecular formula is C6H4N2O. The smallest absolute Gasteiger partial charge is 0.198 e. The molecule has 0 aromatic carbocycles. The monoisotopic (exact) mass is 121 g/mol. The van der Waals surface area contributed by atoms with Crippen LogP contribution in [0.2, 0.25) is 0 Å². The number of hydrogen-bond acceptors (Lipinski definition) is 3. The van der Waals surface area contributed by atoms with E-state index in [-0.39, 0.29) is 6.37 Å². The highest BCUT2D eigenvalue weighted by Crippen LogP contribution is 2.05. The molecule has 3 heteroatoms.